The number of nitrogens with one attached hydrogen (secondary N) is 1. The van der Waals surface area contributed by atoms with E-state index in [4.69, 9.17) is 37.3 Å². The Bertz CT molecular complexity index is 1700. The van der Waals surface area contributed by atoms with Crippen molar-refractivity contribution in [1.29, 1.82) is 0 Å². The molecule has 0 aliphatic carbocycles. The summed E-state index contributed by atoms with van der Waals surface area (Å²) in [7, 11) is 0. The van der Waals surface area contributed by atoms with Crippen molar-refractivity contribution in [2.75, 3.05) is 24.7 Å². The van der Waals surface area contributed by atoms with Gasteiger partial charge in [0.1, 0.15) is 30.0 Å². The van der Waals surface area contributed by atoms with Crippen LogP contribution in [0.5, 0.6) is 0 Å². The second-order valence-corrected chi connectivity index (χ2v) is 13.3. The zero-order valence-corrected chi connectivity index (χ0v) is 22.8. The average Bonchev–Trinajstić information content (AvgIpc) is 3.70. The number of ether oxygens (including phenoxy) is 2. The second-order valence-electron chi connectivity index (χ2n) is 9.70. The van der Waals surface area contributed by atoms with Crippen molar-refractivity contribution in [3.05, 3.63) is 28.9 Å². The molecule has 1 unspecified atom stereocenters. The van der Waals surface area contributed by atoms with E-state index in [1.165, 1.54) is 21.8 Å². The van der Waals surface area contributed by atoms with E-state index in [9.17, 15) is 19.9 Å². The minimum atomic E-state index is -3.79. The Kier molecular flexibility index (Phi) is 7.23. The van der Waals surface area contributed by atoms with Gasteiger partial charge in [-0.2, -0.15) is 9.67 Å². The van der Waals surface area contributed by atoms with Gasteiger partial charge >= 0.3 is 0 Å². The molecule has 2 saturated heterocycles. The lowest BCUT2D eigenvalue weighted by atomic mass is 10.1. The van der Waals surface area contributed by atoms with Crippen LogP contribution in [0.3, 0.4) is 0 Å². The van der Waals surface area contributed by atoms with Gasteiger partial charge in [-0.1, -0.05) is 5.21 Å². The molecule has 20 heteroatoms. The molecule has 41 heavy (non-hydrogen) atoms. The number of hydrogen-bond donors (Lipinski definition) is 6. The third-order valence-electron chi connectivity index (χ3n) is 7.16. The Morgan fingerprint density at radius 3 is 2.85 bits per heavy atom. The number of nitrogen functional groups attached to an aromatic ring is 2. The number of halogens is 1. The maximum atomic E-state index is 15.2. The highest BCUT2D eigenvalue weighted by atomic mass is 32.5. The molecule has 2 aliphatic heterocycles. The van der Waals surface area contributed by atoms with E-state index in [1.807, 2.05) is 0 Å². The average molecular weight is 613 g/mol. The summed E-state index contributed by atoms with van der Waals surface area (Å²) in [5.74, 6) is 0.0264. The van der Waals surface area contributed by atoms with Crippen LogP contribution in [-0.4, -0.2) is 98.0 Å². The molecule has 8 atom stereocenters. The quantitative estimate of drug-likeness (QED) is 0.132. The number of fused-ring (bicyclic) bond motifs is 2. The summed E-state index contributed by atoms with van der Waals surface area (Å²) in [5, 5.41) is 28.4. The Morgan fingerprint density at radius 2 is 2.07 bits per heavy atom. The molecular formula is C21H26FN10O7PS. The summed E-state index contributed by atoms with van der Waals surface area (Å²) in [5.41, 5.74) is 10.3. The number of aromatic nitrogens is 8. The van der Waals surface area contributed by atoms with Crippen LogP contribution in [0.15, 0.2) is 23.4 Å². The lowest BCUT2D eigenvalue weighted by Crippen LogP contribution is -2.32. The summed E-state index contributed by atoms with van der Waals surface area (Å²) in [6.45, 7) is -4.43. The summed E-state index contributed by atoms with van der Waals surface area (Å²) in [6.07, 6.45) is -4.39. The van der Waals surface area contributed by atoms with E-state index >= 15 is 4.39 Å². The molecule has 0 spiro atoms. The van der Waals surface area contributed by atoms with Gasteiger partial charge in [0.25, 0.3) is 5.56 Å². The highest BCUT2D eigenvalue weighted by Crippen LogP contribution is 2.58. The van der Waals surface area contributed by atoms with Crippen LogP contribution in [0.2, 0.25) is 0 Å². The molecule has 0 saturated carbocycles. The fourth-order valence-electron chi connectivity index (χ4n) is 5.14. The molecule has 0 amide bonds. The van der Waals surface area contributed by atoms with Gasteiger partial charge in [-0.3, -0.25) is 9.78 Å². The summed E-state index contributed by atoms with van der Waals surface area (Å²) >= 11 is 5.52. The molecule has 0 aromatic carbocycles. The second kappa shape index (κ2) is 10.6. The van der Waals surface area contributed by atoms with Crippen molar-refractivity contribution < 1.29 is 33.5 Å². The first-order chi connectivity index (χ1) is 19.6. The molecule has 0 radical (unpaired) electrons. The first-order valence-electron chi connectivity index (χ1n) is 12.5. The monoisotopic (exact) mass is 612 g/mol. The van der Waals surface area contributed by atoms with Gasteiger partial charge in [0, 0.05) is 12.8 Å². The number of rotatable bonds is 8. The van der Waals surface area contributed by atoms with Crippen LogP contribution in [0, 0.1) is 0 Å². The molecule has 6 rings (SSSR count). The van der Waals surface area contributed by atoms with Crippen LogP contribution in [0.1, 0.15) is 25.3 Å². The van der Waals surface area contributed by atoms with Gasteiger partial charge in [-0.25, -0.2) is 14.4 Å². The standard InChI is InChI=1S/C21H26FN10O7PS/c22-12-14(34)10(39-20(12)31-3-1-9-15(23)25-7-26-16(9)31)6-37-40(36,41)11-5-8(2-4-33)38-19(11)32-17-13(29-30-32)18(35)28-21(24)27-17/h1,3,7-8,10-12,14,19-20,33-34H,2,4-6H2,(H,36,41)(H2,23,25,26)(H3,24,27,28,35)/t8-,10-,11-,12+,14-,19-,20-,40?/m1/s1. The number of nitrogens with zero attached hydrogens (tertiary/aromatic N) is 7. The van der Waals surface area contributed by atoms with Gasteiger partial charge in [0.2, 0.25) is 5.95 Å². The maximum absolute atomic E-state index is 15.2. The molecule has 4 aromatic rings. The lowest BCUT2D eigenvalue weighted by molar-refractivity contribution is -0.0421. The summed E-state index contributed by atoms with van der Waals surface area (Å²) < 4.78 is 35.4. The summed E-state index contributed by atoms with van der Waals surface area (Å²) in [6, 6.07) is 1.61. The van der Waals surface area contributed by atoms with Crippen molar-refractivity contribution in [3.8, 4) is 0 Å². The van der Waals surface area contributed by atoms with Crippen LogP contribution >= 0.6 is 6.49 Å². The van der Waals surface area contributed by atoms with E-state index in [2.05, 4.69) is 30.2 Å². The number of H-pyrrole nitrogens is 1. The predicted molar refractivity (Wildman–Crippen MR) is 144 cm³/mol. The van der Waals surface area contributed by atoms with E-state index < -0.39 is 61.3 Å². The minimum absolute atomic E-state index is 0.00181. The Morgan fingerprint density at radius 1 is 1.27 bits per heavy atom. The van der Waals surface area contributed by atoms with Crippen LogP contribution in [-0.2, 0) is 25.8 Å². The number of aromatic amines is 1. The Hall–Kier alpha value is -3.16. The lowest BCUT2D eigenvalue weighted by Gasteiger charge is -2.27. The third-order valence-corrected chi connectivity index (χ3v) is 10.1. The fraction of sp³-hybridized carbons (Fsp3) is 0.524. The normalized spacial score (nSPS) is 29.9. The van der Waals surface area contributed by atoms with Crippen molar-refractivity contribution in [2.45, 2.75) is 55.4 Å². The van der Waals surface area contributed by atoms with E-state index in [0.717, 1.165) is 0 Å². The Balaban J connectivity index is 1.23. The van der Waals surface area contributed by atoms with Crippen molar-refractivity contribution in [3.63, 3.8) is 0 Å². The fourth-order valence-corrected chi connectivity index (χ4v) is 7.47. The SMILES string of the molecule is Nc1nc2c(nnn2[C@@H]2O[C@H](CCO)C[C@H]2P(O)(=S)OC[C@H]2O[C@@H](n3ccc4c(N)ncnc43)[C@@H](F)[C@@H]2O)c(=O)[nH]1. The first-order valence-corrected chi connectivity index (χ1v) is 15.2. The smallest absolute Gasteiger partial charge is 0.282 e. The van der Waals surface area contributed by atoms with Gasteiger partial charge in [-0.05, 0) is 30.7 Å². The molecule has 17 nitrogen and oxygen atoms in total. The van der Waals surface area contributed by atoms with E-state index in [1.54, 1.807) is 6.07 Å². The molecule has 6 heterocycles. The van der Waals surface area contributed by atoms with Gasteiger partial charge in [0.05, 0.1) is 23.8 Å². The number of hydrogen-bond acceptors (Lipinski definition) is 14. The van der Waals surface area contributed by atoms with E-state index in [-0.39, 0.29) is 42.4 Å². The molecule has 2 fully saturated rings. The Labute approximate surface area is 234 Å². The molecular weight excluding hydrogens is 586 g/mol. The highest BCUT2D eigenvalue weighted by molar-refractivity contribution is 8.09. The zero-order valence-electron chi connectivity index (χ0n) is 21.1. The molecule has 220 valence electrons. The zero-order chi connectivity index (χ0) is 29.1. The highest BCUT2D eigenvalue weighted by Gasteiger charge is 2.49. The number of aliphatic hydroxyl groups excluding tert-OH is 2. The largest absolute Gasteiger partial charge is 0.396 e. The van der Waals surface area contributed by atoms with E-state index in [0.29, 0.717) is 11.0 Å². The van der Waals surface area contributed by atoms with Crippen molar-refractivity contribution in [2.24, 2.45) is 0 Å². The number of aliphatic hydroxyl groups is 2. The first kappa shape index (κ1) is 28.0. The summed E-state index contributed by atoms with van der Waals surface area (Å²) in [4.78, 5) is 38.1. The van der Waals surface area contributed by atoms with Gasteiger partial charge in [0.15, 0.2) is 36.3 Å². The predicted octanol–water partition coefficient (Wildman–Crippen LogP) is -0.923. The number of alkyl halides is 1. The number of nitrogens with two attached hydrogens (primary N) is 2. The molecule has 8 N–H and O–H groups in total. The topological polar surface area (TPSA) is 248 Å². The third kappa shape index (κ3) is 4.87. The maximum Gasteiger partial charge on any atom is 0.282 e. The molecule has 2 aliphatic rings. The van der Waals surface area contributed by atoms with Crippen molar-refractivity contribution >= 4 is 52.3 Å². The van der Waals surface area contributed by atoms with Crippen molar-refractivity contribution in [1.82, 2.24) is 39.5 Å². The van der Waals surface area contributed by atoms with Crippen LogP contribution < -0.4 is 17.0 Å². The number of anilines is 2. The van der Waals surface area contributed by atoms with Crippen LogP contribution in [0.25, 0.3) is 22.2 Å². The minimum Gasteiger partial charge on any atom is -0.396 e. The molecule has 4 aromatic heterocycles. The van der Waals surface area contributed by atoms with Gasteiger partial charge < -0.3 is 45.1 Å². The van der Waals surface area contributed by atoms with Crippen LogP contribution in [0.4, 0.5) is 16.2 Å². The molecule has 0 bridgehead atoms. The van der Waals surface area contributed by atoms with Gasteiger partial charge in [-0.15, -0.1) is 5.10 Å².